The van der Waals surface area contributed by atoms with E-state index < -0.39 is 0 Å². The SMILES string of the molecule is Cc1cccc(Nc2cc(C)nc(N3CCN(c4ccccn4)CC3)n2)c1. The summed E-state index contributed by atoms with van der Waals surface area (Å²) in [5.41, 5.74) is 3.22. The van der Waals surface area contributed by atoms with Crippen LogP contribution in [0, 0.1) is 13.8 Å². The summed E-state index contributed by atoms with van der Waals surface area (Å²) in [6.07, 6.45) is 1.84. The smallest absolute Gasteiger partial charge is 0.227 e. The van der Waals surface area contributed by atoms with Gasteiger partial charge in [0.2, 0.25) is 5.95 Å². The number of aryl methyl sites for hydroxylation is 2. The van der Waals surface area contributed by atoms with Crippen molar-refractivity contribution < 1.29 is 0 Å². The van der Waals surface area contributed by atoms with Crippen molar-refractivity contribution >= 4 is 23.3 Å². The molecule has 1 N–H and O–H groups in total. The second-order valence-corrected chi connectivity index (χ2v) is 6.85. The van der Waals surface area contributed by atoms with Gasteiger partial charge in [0.15, 0.2) is 0 Å². The number of anilines is 4. The van der Waals surface area contributed by atoms with Gasteiger partial charge in [0.25, 0.3) is 0 Å². The molecule has 1 aliphatic rings. The maximum atomic E-state index is 4.75. The molecule has 6 nitrogen and oxygen atoms in total. The number of hydrogen-bond donors (Lipinski definition) is 1. The van der Waals surface area contributed by atoms with Gasteiger partial charge >= 0.3 is 0 Å². The van der Waals surface area contributed by atoms with Gasteiger partial charge in [0.1, 0.15) is 11.6 Å². The number of pyridine rings is 1. The first-order valence-corrected chi connectivity index (χ1v) is 9.28. The third-order valence-corrected chi connectivity index (χ3v) is 4.67. The number of nitrogens with one attached hydrogen (secondary N) is 1. The maximum absolute atomic E-state index is 4.75. The number of benzene rings is 1. The minimum absolute atomic E-state index is 0.783. The molecule has 27 heavy (non-hydrogen) atoms. The first kappa shape index (κ1) is 17.3. The fraction of sp³-hybridized carbons (Fsp3) is 0.286. The molecule has 1 saturated heterocycles. The Morgan fingerprint density at radius 2 is 1.67 bits per heavy atom. The zero-order chi connectivity index (χ0) is 18.6. The van der Waals surface area contributed by atoms with Crippen LogP contribution in [0.4, 0.5) is 23.3 Å². The lowest BCUT2D eigenvalue weighted by Gasteiger charge is -2.35. The Hall–Kier alpha value is -3.15. The zero-order valence-electron chi connectivity index (χ0n) is 15.8. The zero-order valence-corrected chi connectivity index (χ0v) is 15.8. The lowest BCUT2D eigenvalue weighted by atomic mass is 10.2. The average Bonchev–Trinajstić information content (AvgIpc) is 2.68. The molecule has 0 radical (unpaired) electrons. The Morgan fingerprint density at radius 3 is 2.41 bits per heavy atom. The molecule has 0 amide bonds. The van der Waals surface area contributed by atoms with Crippen LogP contribution in [-0.4, -0.2) is 41.1 Å². The average molecular weight is 360 g/mol. The van der Waals surface area contributed by atoms with Gasteiger partial charge in [0, 0.05) is 49.8 Å². The molecule has 3 heterocycles. The van der Waals surface area contributed by atoms with Gasteiger partial charge in [-0.15, -0.1) is 0 Å². The van der Waals surface area contributed by atoms with Gasteiger partial charge in [-0.05, 0) is 43.7 Å². The highest BCUT2D eigenvalue weighted by Gasteiger charge is 2.20. The summed E-state index contributed by atoms with van der Waals surface area (Å²) in [7, 11) is 0. The molecule has 3 aromatic rings. The largest absolute Gasteiger partial charge is 0.353 e. The van der Waals surface area contributed by atoms with Crippen molar-refractivity contribution in [3.05, 3.63) is 66.0 Å². The summed E-state index contributed by atoms with van der Waals surface area (Å²) in [4.78, 5) is 18.4. The highest BCUT2D eigenvalue weighted by atomic mass is 15.3. The van der Waals surface area contributed by atoms with Crippen molar-refractivity contribution in [1.82, 2.24) is 15.0 Å². The number of piperazine rings is 1. The van der Waals surface area contributed by atoms with Crippen molar-refractivity contribution in [2.24, 2.45) is 0 Å². The second-order valence-electron chi connectivity index (χ2n) is 6.85. The third-order valence-electron chi connectivity index (χ3n) is 4.67. The maximum Gasteiger partial charge on any atom is 0.227 e. The molecule has 1 aliphatic heterocycles. The Kier molecular flexibility index (Phi) is 4.87. The lowest BCUT2D eigenvalue weighted by Crippen LogP contribution is -2.47. The van der Waals surface area contributed by atoms with E-state index >= 15 is 0 Å². The van der Waals surface area contributed by atoms with E-state index in [1.54, 1.807) is 0 Å². The van der Waals surface area contributed by atoms with Crippen LogP contribution in [0.1, 0.15) is 11.3 Å². The molecule has 138 valence electrons. The van der Waals surface area contributed by atoms with Crippen LogP contribution in [0.2, 0.25) is 0 Å². The van der Waals surface area contributed by atoms with Gasteiger partial charge in [0.05, 0.1) is 0 Å². The number of aromatic nitrogens is 3. The summed E-state index contributed by atoms with van der Waals surface area (Å²) in [6, 6.07) is 16.3. The van der Waals surface area contributed by atoms with E-state index in [0.717, 1.165) is 55.1 Å². The van der Waals surface area contributed by atoms with E-state index in [9.17, 15) is 0 Å². The summed E-state index contributed by atoms with van der Waals surface area (Å²) in [6.45, 7) is 7.68. The molecule has 0 spiro atoms. The molecule has 0 saturated carbocycles. The van der Waals surface area contributed by atoms with Crippen LogP contribution in [0.3, 0.4) is 0 Å². The standard InChI is InChI=1S/C21H24N6/c1-16-6-5-7-18(14-16)24-19-15-17(2)23-21(25-19)27-12-10-26(11-13-27)20-8-3-4-9-22-20/h3-9,14-15H,10-13H2,1-2H3,(H,23,24,25). The molecular weight excluding hydrogens is 336 g/mol. The predicted molar refractivity (Wildman–Crippen MR) is 110 cm³/mol. The highest BCUT2D eigenvalue weighted by Crippen LogP contribution is 2.21. The van der Waals surface area contributed by atoms with Crippen LogP contribution in [0.5, 0.6) is 0 Å². The van der Waals surface area contributed by atoms with E-state index in [1.807, 2.05) is 37.4 Å². The Labute approximate surface area is 159 Å². The predicted octanol–water partition coefficient (Wildman–Crippen LogP) is 3.56. The van der Waals surface area contributed by atoms with Gasteiger partial charge in [-0.1, -0.05) is 18.2 Å². The van der Waals surface area contributed by atoms with Crippen molar-refractivity contribution in [3.8, 4) is 0 Å². The minimum atomic E-state index is 0.783. The summed E-state index contributed by atoms with van der Waals surface area (Å²) in [5, 5.41) is 3.40. The van der Waals surface area contributed by atoms with E-state index in [0.29, 0.717) is 0 Å². The van der Waals surface area contributed by atoms with Crippen LogP contribution in [0.15, 0.2) is 54.7 Å². The molecule has 0 aliphatic carbocycles. The van der Waals surface area contributed by atoms with Crippen LogP contribution in [0.25, 0.3) is 0 Å². The molecule has 2 aromatic heterocycles. The van der Waals surface area contributed by atoms with Crippen molar-refractivity contribution in [2.45, 2.75) is 13.8 Å². The molecule has 0 unspecified atom stereocenters. The molecular formula is C21H24N6. The first-order chi connectivity index (χ1) is 13.2. The Balaban J connectivity index is 1.47. The normalized spacial score (nSPS) is 14.3. The van der Waals surface area contributed by atoms with Crippen LogP contribution < -0.4 is 15.1 Å². The molecule has 1 aromatic carbocycles. The minimum Gasteiger partial charge on any atom is -0.353 e. The topological polar surface area (TPSA) is 57.2 Å². The van der Waals surface area contributed by atoms with Gasteiger partial charge < -0.3 is 15.1 Å². The summed E-state index contributed by atoms with van der Waals surface area (Å²) >= 11 is 0. The first-order valence-electron chi connectivity index (χ1n) is 9.28. The van der Waals surface area contributed by atoms with Gasteiger partial charge in [-0.3, -0.25) is 0 Å². The third kappa shape index (κ3) is 4.16. The second kappa shape index (κ2) is 7.61. The molecule has 0 atom stereocenters. The van der Waals surface area contributed by atoms with E-state index in [4.69, 9.17) is 4.98 Å². The molecule has 0 bridgehead atoms. The number of hydrogen-bond acceptors (Lipinski definition) is 6. The fourth-order valence-corrected chi connectivity index (χ4v) is 3.31. The Morgan fingerprint density at radius 1 is 0.852 bits per heavy atom. The van der Waals surface area contributed by atoms with E-state index in [2.05, 4.69) is 56.3 Å². The summed E-state index contributed by atoms with van der Waals surface area (Å²) < 4.78 is 0. The summed E-state index contributed by atoms with van der Waals surface area (Å²) in [5.74, 6) is 2.64. The quantitative estimate of drug-likeness (QED) is 0.768. The van der Waals surface area contributed by atoms with Crippen LogP contribution in [-0.2, 0) is 0 Å². The van der Waals surface area contributed by atoms with Crippen molar-refractivity contribution in [3.63, 3.8) is 0 Å². The number of nitrogens with zero attached hydrogens (tertiary/aromatic N) is 5. The van der Waals surface area contributed by atoms with Gasteiger partial charge in [-0.25, -0.2) is 9.97 Å². The lowest BCUT2D eigenvalue weighted by molar-refractivity contribution is 0.634. The van der Waals surface area contributed by atoms with E-state index in [-0.39, 0.29) is 0 Å². The fourth-order valence-electron chi connectivity index (χ4n) is 3.31. The molecule has 4 rings (SSSR count). The monoisotopic (exact) mass is 360 g/mol. The van der Waals surface area contributed by atoms with Crippen LogP contribution >= 0.6 is 0 Å². The van der Waals surface area contributed by atoms with Crippen molar-refractivity contribution in [2.75, 3.05) is 41.3 Å². The molecule has 1 fully saturated rings. The Bertz CT molecular complexity index is 904. The number of rotatable bonds is 4. The molecule has 6 heteroatoms. The van der Waals surface area contributed by atoms with E-state index in [1.165, 1.54) is 5.56 Å². The highest BCUT2D eigenvalue weighted by molar-refractivity contribution is 5.58. The van der Waals surface area contributed by atoms with Gasteiger partial charge in [-0.2, -0.15) is 4.98 Å². The van der Waals surface area contributed by atoms with Crippen molar-refractivity contribution in [1.29, 1.82) is 0 Å².